The maximum absolute atomic E-state index is 9.12. The van der Waals surface area contributed by atoms with Crippen molar-refractivity contribution in [2.75, 3.05) is 6.61 Å². The molecule has 0 unspecified atom stereocenters. The van der Waals surface area contributed by atoms with Gasteiger partial charge in [-0.15, -0.1) is 0 Å². The van der Waals surface area contributed by atoms with Gasteiger partial charge in [0, 0.05) is 0 Å². The maximum atomic E-state index is 9.12. The molecule has 0 aromatic heterocycles. The van der Waals surface area contributed by atoms with Crippen molar-refractivity contribution in [1.29, 1.82) is 0 Å². The van der Waals surface area contributed by atoms with E-state index in [-0.39, 0.29) is 5.75 Å². The summed E-state index contributed by atoms with van der Waals surface area (Å²) in [4.78, 5) is 0. The molecule has 0 saturated carbocycles. The summed E-state index contributed by atoms with van der Waals surface area (Å²) in [5.74, 6) is 1.03. The lowest BCUT2D eigenvalue weighted by Gasteiger charge is -2.07. The molecule has 0 aliphatic rings. The highest BCUT2D eigenvalue weighted by molar-refractivity contribution is 5.30. The van der Waals surface area contributed by atoms with Gasteiger partial charge in [0.15, 0.2) is 0 Å². The van der Waals surface area contributed by atoms with Gasteiger partial charge in [0.05, 0.1) is 0 Å². The maximum Gasteiger partial charge on any atom is 0.120 e. The van der Waals surface area contributed by atoms with Gasteiger partial charge in [0.25, 0.3) is 0 Å². The number of aromatic hydroxyl groups is 1. The summed E-state index contributed by atoms with van der Waals surface area (Å²) in [6, 6.07) is 6.77. The molecular formula is C14H18O2. The fourth-order valence-corrected chi connectivity index (χ4v) is 1.22. The van der Waals surface area contributed by atoms with Crippen molar-refractivity contribution >= 4 is 0 Å². The summed E-state index contributed by atoms with van der Waals surface area (Å²) in [5, 5.41) is 9.12. The van der Waals surface area contributed by atoms with Crippen LogP contribution < -0.4 is 4.74 Å². The van der Waals surface area contributed by atoms with Gasteiger partial charge in [-0.05, 0) is 43.2 Å². The normalized spacial score (nSPS) is 12.0. The first-order valence-electron chi connectivity index (χ1n) is 5.48. The smallest absolute Gasteiger partial charge is 0.120 e. The molecule has 0 aliphatic heterocycles. The van der Waals surface area contributed by atoms with Crippen molar-refractivity contribution in [3.63, 3.8) is 0 Å². The van der Waals surface area contributed by atoms with E-state index in [2.05, 4.69) is 13.0 Å². The Balaban J connectivity index is 2.52. The first-order valence-corrected chi connectivity index (χ1v) is 5.48. The van der Waals surface area contributed by atoms with Crippen LogP contribution in [0.1, 0.15) is 20.3 Å². The zero-order chi connectivity index (χ0) is 11.8. The van der Waals surface area contributed by atoms with Gasteiger partial charge < -0.3 is 9.84 Å². The summed E-state index contributed by atoms with van der Waals surface area (Å²) in [6.07, 6.45) is 7.05. The summed E-state index contributed by atoms with van der Waals surface area (Å²) in [5.41, 5.74) is 1.24. The van der Waals surface area contributed by atoms with Crippen molar-refractivity contribution in [3.05, 3.63) is 48.1 Å². The van der Waals surface area contributed by atoms with Crippen LogP contribution in [0.2, 0.25) is 0 Å². The number of phenols is 1. The summed E-state index contributed by atoms with van der Waals surface area (Å²) < 4.78 is 5.60. The zero-order valence-corrected chi connectivity index (χ0v) is 9.81. The number of ether oxygens (including phenoxy) is 1. The lowest BCUT2D eigenvalue weighted by Crippen LogP contribution is -2.00. The Morgan fingerprint density at radius 2 is 2.00 bits per heavy atom. The average Bonchev–Trinajstić information content (AvgIpc) is 2.32. The molecule has 16 heavy (non-hydrogen) atoms. The van der Waals surface area contributed by atoms with Crippen molar-refractivity contribution in [2.45, 2.75) is 20.3 Å². The minimum absolute atomic E-state index is 0.257. The van der Waals surface area contributed by atoms with Crippen LogP contribution >= 0.6 is 0 Å². The van der Waals surface area contributed by atoms with Crippen LogP contribution in [-0.4, -0.2) is 11.7 Å². The van der Waals surface area contributed by atoms with Gasteiger partial charge in [-0.3, -0.25) is 0 Å². The Morgan fingerprint density at radius 1 is 1.31 bits per heavy atom. The Labute approximate surface area is 96.9 Å². The predicted molar refractivity (Wildman–Crippen MR) is 66.8 cm³/mol. The highest BCUT2D eigenvalue weighted by Crippen LogP contribution is 2.16. The molecule has 1 rings (SSSR count). The van der Waals surface area contributed by atoms with E-state index in [1.165, 1.54) is 5.57 Å². The Kier molecular flexibility index (Phi) is 5.20. The molecule has 0 bridgehead atoms. The van der Waals surface area contributed by atoms with Crippen molar-refractivity contribution < 1.29 is 9.84 Å². The molecule has 0 radical (unpaired) electrons. The highest BCUT2D eigenvalue weighted by Gasteiger charge is 1.96. The van der Waals surface area contributed by atoms with E-state index in [0.717, 1.165) is 12.2 Å². The van der Waals surface area contributed by atoms with Gasteiger partial charge in [-0.1, -0.05) is 25.2 Å². The molecule has 86 valence electrons. The minimum Gasteiger partial charge on any atom is -0.508 e. The van der Waals surface area contributed by atoms with E-state index in [9.17, 15) is 0 Å². The standard InChI is InChI=1S/C14H18O2/c1-3-5-6-12(4-2)11-16-14-9-7-13(15)8-10-14/h3,5-10,15H,4,11H2,1-2H3/b5-3-,12-6+. The first kappa shape index (κ1) is 12.4. The van der Waals surface area contributed by atoms with E-state index in [1.54, 1.807) is 24.3 Å². The van der Waals surface area contributed by atoms with Crippen LogP contribution in [0.15, 0.2) is 48.1 Å². The molecule has 2 heteroatoms. The molecule has 0 saturated heterocycles. The number of allylic oxidation sites excluding steroid dienone is 3. The van der Waals surface area contributed by atoms with Crippen LogP contribution in [0.25, 0.3) is 0 Å². The number of hydrogen-bond donors (Lipinski definition) is 1. The molecule has 0 heterocycles. The van der Waals surface area contributed by atoms with E-state index >= 15 is 0 Å². The van der Waals surface area contributed by atoms with Crippen LogP contribution in [0.4, 0.5) is 0 Å². The van der Waals surface area contributed by atoms with Gasteiger partial charge in [0.2, 0.25) is 0 Å². The van der Waals surface area contributed by atoms with E-state index in [0.29, 0.717) is 6.61 Å². The molecule has 1 aromatic carbocycles. The summed E-state index contributed by atoms with van der Waals surface area (Å²) >= 11 is 0. The van der Waals surface area contributed by atoms with Crippen molar-refractivity contribution in [1.82, 2.24) is 0 Å². The number of phenolic OH excluding ortho intramolecular Hbond substituents is 1. The lowest BCUT2D eigenvalue weighted by molar-refractivity contribution is 0.347. The second kappa shape index (κ2) is 6.72. The third-order valence-electron chi connectivity index (χ3n) is 2.24. The monoisotopic (exact) mass is 218 g/mol. The summed E-state index contributed by atoms with van der Waals surface area (Å²) in [6.45, 7) is 4.69. The molecule has 1 N–H and O–H groups in total. The number of rotatable bonds is 5. The van der Waals surface area contributed by atoms with Crippen LogP contribution in [0.3, 0.4) is 0 Å². The lowest BCUT2D eigenvalue weighted by atomic mass is 10.2. The molecule has 0 spiro atoms. The highest BCUT2D eigenvalue weighted by atomic mass is 16.5. The predicted octanol–water partition coefficient (Wildman–Crippen LogP) is 3.68. The topological polar surface area (TPSA) is 29.5 Å². The van der Waals surface area contributed by atoms with Crippen molar-refractivity contribution in [3.8, 4) is 11.5 Å². The second-order valence-electron chi connectivity index (χ2n) is 3.49. The minimum atomic E-state index is 0.257. The molecule has 0 aliphatic carbocycles. The molecule has 0 fully saturated rings. The van der Waals surface area contributed by atoms with Crippen LogP contribution in [0, 0.1) is 0 Å². The summed E-state index contributed by atoms with van der Waals surface area (Å²) in [7, 11) is 0. The molecular weight excluding hydrogens is 200 g/mol. The largest absolute Gasteiger partial charge is 0.508 e. The quantitative estimate of drug-likeness (QED) is 0.764. The Bertz CT molecular complexity index is 361. The number of hydrogen-bond acceptors (Lipinski definition) is 2. The van der Waals surface area contributed by atoms with E-state index in [4.69, 9.17) is 9.84 Å². The van der Waals surface area contributed by atoms with E-state index in [1.807, 2.05) is 19.1 Å². The Morgan fingerprint density at radius 3 is 2.56 bits per heavy atom. The van der Waals surface area contributed by atoms with Crippen molar-refractivity contribution in [2.24, 2.45) is 0 Å². The van der Waals surface area contributed by atoms with Crippen LogP contribution in [-0.2, 0) is 0 Å². The molecule has 0 amide bonds. The second-order valence-corrected chi connectivity index (χ2v) is 3.49. The van der Waals surface area contributed by atoms with Gasteiger partial charge in [-0.2, -0.15) is 0 Å². The number of benzene rings is 1. The van der Waals surface area contributed by atoms with Gasteiger partial charge in [0.1, 0.15) is 18.1 Å². The average molecular weight is 218 g/mol. The first-order chi connectivity index (χ1) is 7.76. The van der Waals surface area contributed by atoms with Gasteiger partial charge >= 0.3 is 0 Å². The fourth-order valence-electron chi connectivity index (χ4n) is 1.22. The third-order valence-corrected chi connectivity index (χ3v) is 2.24. The fraction of sp³-hybridized carbons (Fsp3) is 0.286. The van der Waals surface area contributed by atoms with Crippen LogP contribution in [0.5, 0.6) is 11.5 Å². The Hall–Kier alpha value is -1.70. The SMILES string of the molecule is C/C=C\C=C(/CC)COc1ccc(O)cc1. The van der Waals surface area contributed by atoms with Gasteiger partial charge in [-0.25, -0.2) is 0 Å². The molecule has 1 aromatic rings. The molecule has 2 nitrogen and oxygen atoms in total. The third kappa shape index (κ3) is 4.22. The van der Waals surface area contributed by atoms with E-state index < -0.39 is 0 Å². The molecule has 0 atom stereocenters. The zero-order valence-electron chi connectivity index (χ0n) is 9.81.